The van der Waals surface area contributed by atoms with Gasteiger partial charge < -0.3 is 5.32 Å². The molecule has 0 saturated heterocycles. The van der Waals surface area contributed by atoms with Gasteiger partial charge in [-0.15, -0.1) is 16.4 Å². The van der Waals surface area contributed by atoms with Gasteiger partial charge in [0.1, 0.15) is 12.1 Å². The Labute approximate surface area is 160 Å². The van der Waals surface area contributed by atoms with Crippen molar-refractivity contribution in [2.45, 2.75) is 26.3 Å². The molecular formula is C20H19N5OS. The highest BCUT2D eigenvalue weighted by atomic mass is 32.1. The summed E-state index contributed by atoms with van der Waals surface area (Å²) >= 11 is 1.41. The van der Waals surface area contributed by atoms with Crippen molar-refractivity contribution >= 4 is 33.4 Å². The van der Waals surface area contributed by atoms with Crippen molar-refractivity contribution in [1.29, 1.82) is 0 Å². The molecule has 0 fully saturated rings. The van der Waals surface area contributed by atoms with Crippen molar-refractivity contribution in [2.24, 2.45) is 0 Å². The average molecular weight is 377 g/mol. The van der Waals surface area contributed by atoms with Gasteiger partial charge in [-0.1, -0.05) is 55.5 Å². The molecule has 1 amide bonds. The molecule has 2 aromatic carbocycles. The molecule has 0 bridgehead atoms. The Kier molecular flexibility index (Phi) is 4.68. The summed E-state index contributed by atoms with van der Waals surface area (Å²) in [6.07, 6.45) is 0. The quantitative estimate of drug-likeness (QED) is 0.562. The zero-order valence-electron chi connectivity index (χ0n) is 15.1. The fourth-order valence-electron chi connectivity index (χ4n) is 2.83. The predicted molar refractivity (Wildman–Crippen MR) is 108 cm³/mol. The van der Waals surface area contributed by atoms with Crippen molar-refractivity contribution in [2.75, 3.05) is 5.32 Å². The van der Waals surface area contributed by atoms with Crippen LogP contribution in [0.5, 0.6) is 0 Å². The first-order valence-corrected chi connectivity index (χ1v) is 9.62. The van der Waals surface area contributed by atoms with E-state index in [1.807, 2.05) is 29.6 Å². The molecule has 6 nitrogen and oxygen atoms in total. The third-order valence-electron chi connectivity index (χ3n) is 4.34. The highest BCUT2D eigenvalue weighted by Gasteiger charge is 2.11. The monoisotopic (exact) mass is 377 g/mol. The van der Waals surface area contributed by atoms with Crippen molar-refractivity contribution in [3.8, 4) is 11.3 Å². The van der Waals surface area contributed by atoms with E-state index < -0.39 is 0 Å². The normalized spacial score (nSPS) is 11.2. The molecule has 4 rings (SSSR count). The summed E-state index contributed by atoms with van der Waals surface area (Å²) in [5.74, 6) is 0.318. The van der Waals surface area contributed by atoms with Crippen LogP contribution in [0.1, 0.15) is 25.3 Å². The van der Waals surface area contributed by atoms with Gasteiger partial charge in [0.15, 0.2) is 5.13 Å². The van der Waals surface area contributed by atoms with Crippen LogP contribution in [-0.2, 0) is 11.3 Å². The molecule has 0 spiro atoms. The van der Waals surface area contributed by atoms with Crippen molar-refractivity contribution in [1.82, 2.24) is 20.0 Å². The third-order valence-corrected chi connectivity index (χ3v) is 5.09. The number of hydrogen-bond acceptors (Lipinski definition) is 5. The van der Waals surface area contributed by atoms with Crippen molar-refractivity contribution in [3.05, 3.63) is 59.5 Å². The molecule has 7 heteroatoms. The minimum atomic E-state index is -0.179. The van der Waals surface area contributed by atoms with Crippen LogP contribution in [0.15, 0.2) is 53.9 Å². The largest absolute Gasteiger partial charge is 0.300 e. The van der Waals surface area contributed by atoms with Gasteiger partial charge in [0.2, 0.25) is 5.91 Å². The minimum Gasteiger partial charge on any atom is -0.300 e. The standard InChI is InChI=1S/C20H19N5OS/c1-13(2)14-7-9-15(10-8-14)17-12-27-20(21-17)22-19(26)11-25-18-6-4-3-5-16(18)23-24-25/h3-10,12-13H,11H2,1-2H3,(H,21,22,26). The number of hydrogen-bond donors (Lipinski definition) is 1. The fraction of sp³-hybridized carbons (Fsp3) is 0.200. The number of fused-ring (bicyclic) bond motifs is 1. The van der Waals surface area contributed by atoms with Crippen LogP contribution in [0.4, 0.5) is 5.13 Å². The molecule has 0 radical (unpaired) electrons. The number of aromatic nitrogens is 4. The van der Waals surface area contributed by atoms with E-state index in [0.29, 0.717) is 11.0 Å². The first-order valence-electron chi connectivity index (χ1n) is 8.74. The minimum absolute atomic E-state index is 0.0957. The van der Waals surface area contributed by atoms with E-state index in [1.54, 1.807) is 4.68 Å². The molecule has 0 atom stereocenters. The molecule has 2 aromatic heterocycles. The summed E-state index contributed by atoms with van der Waals surface area (Å²) in [6.45, 7) is 4.44. The molecule has 0 aliphatic rings. The lowest BCUT2D eigenvalue weighted by molar-refractivity contribution is -0.116. The lowest BCUT2D eigenvalue weighted by Crippen LogP contribution is -2.19. The summed E-state index contributed by atoms with van der Waals surface area (Å²) in [5, 5.41) is 13.5. The Morgan fingerprint density at radius 2 is 1.93 bits per heavy atom. The average Bonchev–Trinajstić information content (AvgIpc) is 3.29. The van der Waals surface area contributed by atoms with Crippen LogP contribution < -0.4 is 5.32 Å². The molecule has 2 heterocycles. The van der Waals surface area contributed by atoms with Gasteiger partial charge in [-0.3, -0.25) is 4.79 Å². The summed E-state index contributed by atoms with van der Waals surface area (Å²) in [6, 6.07) is 15.9. The van der Waals surface area contributed by atoms with Gasteiger partial charge in [-0.2, -0.15) is 0 Å². The molecule has 0 aliphatic heterocycles. The summed E-state index contributed by atoms with van der Waals surface area (Å²) in [5.41, 5.74) is 4.79. The number of rotatable bonds is 5. The lowest BCUT2D eigenvalue weighted by Gasteiger charge is -2.05. The molecular weight excluding hydrogens is 358 g/mol. The first-order chi connectivity index (χ1) is 13.1. The van der Waals surface area contributed by atoms with E-state index in [2.05, 4.69) is 58.7 Å². The fourth-order valence-corrected chi connectivity index (χ4v) is 3.57. The van der Waals surface area contributed by atoms with E-state index in [-0.39, 0.29) is 12.5 Å². The molecule has 136 valence electrons. The maximum absolute atomic E-state index is 12.4. The number of para-hydroxylation sites is 1. The number of carbonyl (C=O) groups is 1. The van der Waals surface area contributed by atoms with Crippen LogP contribution >= 0.6 is 11.3 Å². The Morgan fingerprint density at radius 1 is 1.15 bits per heavy atom. The Balaban J connectivity index is 1.45. The van der Waals surface area contributed by atoms with Crippen LogP contribution in [0.25, 0.3) is 22.3 Å². The summed E-state index contributed by atoms with van der Waals surface area (Å²) in [4.78, 5) is 16.9. The van der Waals surface area contributed by atoms with E-state index in [4.69, 9.17) is 0 Å². The summed E-state index contributed by atoms with van der Waals surface area (Å²) in [7, 11) is 0. The van der Waals surface area contributed by atoms with Gasteiger partial charge >= 0.3 is 0 Å². The van der Waals surface area contributed by atoms with E-state index >= 15 is 0 Å². The Morgan fingerprint density at radius 3 is 2.70 bits per heavy atom. The number of anilines is 1. The second kappa shape index (κ2) is 7.28. The molecule has 1 N–H and O–H groups in total. The zero-order chi connectivity index (χ0) is 18.8. The van der Waals surface area contributed by atoms with Crippen molar-refractivity contribution < 1.29 is 4.79 Å². The molecule has 27 heavy (non-hydrogen) atoms. The van der Waals surface area contributed by atoms with Gasteiger partial charge in [0.25, 0.3) is 0 Å². The van der Waals surface area contributed by atoms with E-state index in [9.17, 15) is 4.79 Å². The van der Waals surface area contributed by atoms with E-state index in [1.165, 1.54) is 16.9 Å². The maximum Gasteiger partial charge on any atom is 0.247 e. The third kappa shape index (κ3) is 3.73. The van der Waals surface area contributed by atoms with Gasteiger partial charge in [-0.25, -0.2) is 9.67 Å². The SMILES string of the molecule is CC(C)c1ccc(-c2csc(NC(=O)Cn3nnc4ccccc43)n2)cc1. The zero-order valence-corrected chi connectivity index (χ0v) is 15.9. The molecule has 0 aliphatic carbocycles. The summed E-state index contributed by atoms with van der Waals surface area (Å²) < 4.78 is 1.59. The number of benzene rings is 2. The molecule has 4 aromatic rings. The number of nitrogens with zero attached hydrogens (tertiary/aromatic N) is 4. The maximum atomic E-state index is 12.4. The van der Waals surface area contributed by atoms with Crippen LogP contribution in [0.3, 0.4) is 0 Å². The van der Waals surface area contributed by atoms with Crippen LogP contribution in [0, 0.1) is 0 Å². The number of thiazole rings is 1. The highest BCUT2D eigenvalue weighted by Crippen LogP contribution is 2.26. The smallest absolute Gasteiger partial charge is 0.247 e. The number of carbonyl (C=O) groups excluding carboxylic acids is 1. The highest BCUT2D eigenvalue weighted by molar-refractivity contribution is 7.14. The molecule has 0 unspecified atom stereocenters. The number of nitrogens with one attached hydrogen (secondary N) is 1. The predicted octanol–water partition coefficient (Wildman–Crippen LogP) is 4.32. The van der Waals surface area contributed by atoms with E-state index in [0.717, 1.165) is 22.3 Å². The molecule has 0 saturated carbocycles. The Bertz CT molecular complexity index is 1080. The van der Waals surface area contributed by atoms with Crippen LogP contribution in [0.2, 0.25) is 0 Å². The first kappa shape index (κ1) is 17.4. The second-order valence-electron chi connectivity index (χ2n) is 6.60. The van der Waals surface area contributed by atoms with Gasteiger partial charge in [0.05, 0.1) is 11.2 Å². The van der Waals surface area contributed by atoms with Gasteiger partial charge in [-0.05, 0) is 23.6 Å². The lowest BCUT2D eigenvalue weighted by atomic mass is 10.0. The van der Waals surface area contributed by atoms with Crippen LogP contribution in [-0.4, -0.2) is 25.9 Å². The Hall–Kier alpha value is -3.06. The van der Waals surface area contributed by atoms with Gasteiger partial charge in [0, 0.05) is 10.9 Å². The topological polar surface area (TPSA) is 72.7 Å². The second-order valence-corrected chi connectivity index (χ2v) is 7.46. The number of amides is 1. The van der Waals surface area contributed by atoms with Crippen molar-refractivity contribution in [3.63, 3.8) is 0 Å².